The minimum Gasteiger partial charge on any atom is -0.494 e. The fraction of sp³-hybridized carbons (Fsp3) is 0.481. The van der Waals surface area contributed by atoms with Gasteiger partial charge in [0.05, 0.1) is 38.1 Å². The molecule has 2 fully saturated rings. The first kappa shape index (κ1) is 28.6. The highest BCUT2D eigenvalue weighted by Crippen LogP contribution is 2.36. The number of nitrogens with one attached hydrogen (secondary N) is 2. The molecule has 0 bridgehead atoms. The summed E-state index contributed by atoms with van der Waals surface area (Å²) in [6.45, 7) is 7.69. The summed E-state index contributed by atoms with van der Waals surface area (Å²) >= 11 is 1.30. The third-order valence-corrected chi connectivity index (χ3v) is 7.03. The van der Waals surface area contributed by atoms with E-state index >= 15 is 0 Å². The summed E-state index contributed by atoms with van der Waals surface area (Å²) in [6.07, 6.45) is 2.13. The summed E-state index contributed by atoms with van der Waals surface area (Å²) in [5, 5.41) is 7.66. The van der Waals surface area contributed by atoms with Crippen molar-refractivity contribution in [3.8, 4) is 28.7 Å². The van der Waals surface area contributed by atoms with Crippen molar-refractivity contribution >= 4 is 28.5 Å². The van der Waals surface area contributed by atoms with Crippen LogP contribution in [0.4, 0.5) is 14.6 Å². The predicted molar refractivity (Wildman–Crippen MR) is 148 cm³/mol. The van der Waals surface area contributed by atoms with Crippen LogP contribution in [0.3, 0.4) is 0 Å². The van der Waals surface area contributed by atoms with Gasteiger partial charge in [0.15, 0.2) is 10.5 Å². The van der Waals surface area contributed by atoms with Crippen molar-refractivity contribution in [3.05, 3.63) is 35.8 Å². The van der Waals surface area contributed by atoms with Crippen LogP contribution < -0.4 is 20.4 Å². The first-order valence-corrected chi connectivity index (χ1v) is 13.8. The highest BCUT2D eigenvalue weighted by molar-refractivity contribution is 8.15. The monoisotopic (exact) mass is 558 g/mol. The number of methoxy groups -OCH3 is 1. The standard InChI is InChI=1S/C25H26F2N6O3S.C2H6/c1-14-13-36-8-7-33(14)21-10-16(17-9-19(23(26)27)28-12-20(17)35-2)18(11-29-21)24(34)30-25-32-31-22(37-25)6-5-15-3-4-15;1-2/h9-12,14-15,23,25,32H,3-4,7-8,13H2,1-2H3,(H,30,34);1-2H3. The number of alkyl halides is 2. The number of amides is 1. The van der Waals surface area contributed by atoms with E-state index in [2.05, 4.69) is 42.6 Å². The second-order valence-electron chi connectivity index (χ2n) is 8.88. The molecule has 1 aliphatic carbocycles. The van der Waals surface area contributed by atoms with Crippen LogP contribution in [-0.4, -0.2) is 59.3 Å². The molecular formula is C27H32F2N6O3S. The Kier molecular flexibility index (Phi) is 9.59. The van der Waals surface area contributed by atoms with E-state index in [-0.39, 0.29) is 17.4 Å². The molecule has 9 nitrogen and oxygen atoms in total. The van der Waals surface area contributed by atoms with E-state index in [4.69, 9.17) is 9.47 Å². The van der Waals surface area contributed by atoms with Crippen molar-refractivity contribution in [2.75, 3.05) is 31.8 Å². The van der Waals surface area contributed by atoms with Gasteiger partial charge in [-0.2, -0.15) is 5.10 Å². The molecule has 0 aromatic carbocycles. The first-order chi connectivity index (χ1) is 18.9. The molecule has 39 heavy (non-hydrogen) atoms. The van der Waals surface area contributed by atoms with E-state index in [1.165, 1.54) is 37.3 Å². The summed E-state index contributed by atoms with van der Waals surface area (Å²) < 4.78 is 38.1. The van der Waals surface area contributed by atoms with Gasteiger partial charge >= 0.3 is 0 Å². The van der Waals surface area contributed by atoms with Crippen LogP contribution in [0.1, 0.15) is 56.1 Å². The van der Waals surface area contributed by atoms with Gasteiger partial charge in [-0.1, -0.05) is 19.8 Å². The number of ether oxygens (including phenoxy) is 2. The number of nitrogens with zero attached hydrogens (tertiary/aromatic N) is 4. The summed E-state index contributed by atoms with van der Waals surface area (Å²) in [5.41, 5.74) is 2.85. The Bertz CT molecular complexity index is 1280. The Morgan fingerprint density at radius 2 is 2.05 bits per heavy atom. The maximum absolute atomic E-state index is 13.6. The van der Waals surface area contributed by atoms with Crippen LogP contribution in [-0.2, 0) is 4.74 Å². The average Bonchev–Trinajstić information content (AvgIpc) is 3.69. The second kappa shape index (κ2) is 13.1. The van der Waals surface area contributed by atoms with Gasteiger partial charge < -0.3 is 19.7 Å². The molecule has 2 aliphatic heterocycles. The van der Waals surface area contributed by atoms with Crippen LogP contribution >= 0.6 is 11.8 Å². The van der Waals surface area contributed by atoms with Gasteiger partial charge in [0.25, 0.3) is 12.3 Å². The fourth-order valence-corrected chi connectivity index (χ4v) is 4.73. The highest BCUT2D eigenvalue weighted by atomic mass is 32.2. The zero-order valence-corrected chi connectivity index (χ0v) is 23.1. The van der Waals surface area contributed by atoms with Crippen molar-refractivity contribution in [3.63, 3.8) is 0 Å². The maximum atomic E-state index is 13.6. The Hall–Kier alpha value is -3.43. The van der Waals surface area contributed by atoms with E-state index in [1.54, 1.807) is 6.07 Å². The molecule has 1 amide bonds. The number of morpholine rings is 1. The van der Waals surface area contributed by atoms with E-state index < -0.39 is 23.5 Å². The van der Waals surface area contributed by atoms with Crippen molar-refractivity contribution in [1.29, 1.82) is 0 Å². The van der Waals surface area contributed by atoms with Crippen molar-refractivity contribution in [1.82, 2.24) is 20.7 Å². The lowest BCUT2D eigenvalue weighted by Crippen LogP contribution is -2.44. The number of aromatic nitrogens is 2. The summed E-state index contributed by atoms with van der Waals surface area (Å²) in [7, 11) is 1.43. The molecule has 3 aliphatic rings. The average molecular weight is 559 g/mol. The van der Waals surface area contributed by atoms with Crippen molar-refractivity contribution in [2.45, 2.75) is 51.6 Å². The Balaban J connectivity index is 0.00000172. The minimum absolute atomic E-state index is 0.0520. The number of carbonyl (C=O) groups is 1. The predicted octanol–water partition coefficient (Wildman–Crippen LogP) is 4.42. The van der Waals surface area contributed by atoms with Crippen molar-refractivity contribution < 1.29 is 23.0 Å². The van der Waals surface area contributed by atoms with Gasteiger partial charge in [-0.05, 0) is 49.6 Å². The SMILES string of the molecule is CC.COc1cnc(C(F)F)cc1-c1cc(N2CCOCC2C)ncc1C(=O)NC1NN=C(C#CC2CC2)S1. The van der Waals surface area contributed by atoms with Crippen LogP contribution in [0.25, 0.3) is 11.1 Å². The van der Waals surface area contributed by atoms with Gasteiger partial charge in [0.2, 0.25) is 0 Å². The maximum Gasteiger partial charge on any atom is 0.280 e. The number of carbonyl (C=O) groups excluding carboxylic acids is 1. The molecule has 2 aromatic rings. The van der Waals surface area contributed by atoms with Crippen LogP contribution in [0.5, 0.6) is 5.75 Å². The molecular weight excluding hydrogens is 526 g/mol. The normalized spacial score (nSPS) is 20.2. The number of pyridine rings is 2. The zero-order valence-electron chi connectivity index (χ0n) is 22.3. The largest absolute Gasteiger partial charge is 0.494 e. The molecule has 0 spiro atoms. The molecule has 5 rings (SSSR count). The molecule has 2 aromatic heterocycles. The molecule has 0 radical (unpaired) electrons. The van der Waals surface area contributed by atoms with Crippen LogP contribution in [0.2, 0.25) is 0 Å². The smallest absolute Gasteiger partial charge is 0.280 e. The lowest BCUT2D eigenvalue weighted by Gasteiger charge is -2.34. The van der Waals surface area contributed by atoms with E-state index in [0.29, 0.717) is 47.7 Å². The second-order valence-corrected chi connectivity index (χ2v) is 9.97. The number of halogens is 2. The van der Waals surface area contributed by atoms with Crippen LogP contribution in [0.15, 0.2) is 29.6 Å². The third-order valence-electron chi connectivity index (χ3n) is 6.15. The number of anilines is 1. The lowest BCUT2D eigenvalue weighted by atomic mass is 9.99. The van der Waals surface area contributed by atoms with Crippen molar-refractivity contribution in [2.24, 2.45) is 11.0 Å². The molecule has 2 N–H and O–H groups in total. The molecule has 1 saturated heterocycles. The fourth-order valence-electron chi connectivity index (χ4n) is 4.01. The molecule has 208 valence electrons. The minimum atomic E-state index is -2.78. The number of rotatable bonds is 6. The molecule has 12 heteroatoms. The number of hydrazone groups is 1. The number of hydrogen-bond acceptors (Lipinski definition) is 9. The summed E-state index contributed by atoms with van der Waals surface area (Å²) in [6, 6.07) is 3.03. The molecule has 4 heterocycles. The quantitative estimate of drug-likeness (QED) is 0.503. The van der Waals surface area contributed by atoms with Gasteiger partial charge in [0, 0.05) is 29.8 Å². The van der Waals surface area contributed by atoms with Gasteiger partial charge in [-0.15, -0.1) is 0 Å². The topological polar surface area (TPSA) is 101 Å². The zero-order chi connectivity index (χ0) is 27.9. The first-order valence-electron chi connectivity index (χ1n) is 12.9. The highest BCUT2D eigenvalue weighted by Gasteiger charge is 2.27. The van der Waals surface area contributed by atoms with E-state index in [0.717, 1.165) is 12.8 Å². The van der Waals surface area contributed by atoms with Gasteiger partial charge in [0.1, 0.15) is 17.3 Å². The number of hydrogen-bond donors (Lipinski definition) is 2. The third kappa shape index (κ3) is 6.96. The molecule has 2 unspecified atom stereocenters. The lowest BCUT2D eigenvalue weighted by molar-refractivity contribution is 0.0945. The van der Waals surface area contributed by atoms with Gasteiger partial charge in [-0.3, -0.25) is 15.2 Å². The number of thioether (sulfide) groups is 1. The van der Waals surface area contributed by atoms with Crippen LogP contribution in [0, 0.1) is 17.8 Å². The Labute approximate surface area is 231 Å². The van der Waals surface area contributed by atoms with E-state index in [9.17, 15) is 13.6 Å². The van der Waals surface area contributed by atoms with Gasteiger partial charge in [-0.25, -0.2) is 13.8 Å². The Morgan fingerprint density at radius 3 is 2.74 bits per heavy atom. The molecule has 1 saturated carbocycles. The van der Waals surface area contributed by atoms with E-state index in [1.807, 2.05) is 20.8 Å². The Morgan fingerprint density at radius 1 is 1.26 bits per heavy atom. The summed E-state index contributed by atoms with van der Waals surface area (Å²) in [5.74, 6) is 7.03. The molecule has 2 atom stereocenters. The summed E-state index contributed by atoms with van der Waals surface area (Å²) in [4.78, 5) is 23.8.